The Balaban J connectivity index is 1.46. The topological polar surface area (TPSA) is 25.8 Å². The van der Waals surface area contributed by atoms with Crippen molar-refractivity contribution in [2.75, 3.05) is 0 Å². The number of hydrogen-bond donors (Lipinski definition) is 0. The van der Waals surface area contributed by atoms with Crippen molar-refractivity contribution in [3.8, 4) is 56.2 Å². The Bertz CT molecular complexity index is 2000. The van der Waals surface area contributed by atoms with E-state index >= 15 is 0 Å². The second-order valence-electron chi connectivity index (χ2n) is 10.0. The first kappa shape index (κ1) is 25.0. The smallest absolute Gasteiger partial charge is 0.161 e. The molecule has 0 saturated heterocycles. The fraction of sp³-hybridized carbons (Fsp3) is 0. The summed E-state index contributed by atoms with van der Waals surface area (Å²) in [5, 5.41) is 2.94. The highest BCUT2D eigenvalue weighted by molar-refractivity contribution is 6.30. The van der Waals surface area contributed by atoms with Crippen LogP contribution in [0.3, 0.4) is 0 Å². The fourth-order valence-electron chi connectivity index (χ4n) is 5.29. The molecule has 0 unspecified atom stereocenters. The third-order valence-corrected chi connectivity index (χ3v) is 7.56. The van der Waals surface area contributed by atoms with Crippen molar-refractivity contribution in [2.45, 2.75) is 0 Å². The number of hydrogen-bond acceptors (Lipinski definition) is 2. The minimum Gasteiger partial charge on any atom is -0.228 e. The Morgan fingerprint density at radius 1 is 0.390 bits per heavy atom. The van der Waals surface area contributed by atoms with Gasteiger partial charge in [0.25, 0.3) is 0 Å². The van der Waals surface area contributed by atoms with Crippen LogP contribution < -0.4 is 0 Å². The van der Waals surface area contributed by atoms with E-state index in [1.807, 2.05) is 42.5 Å². The molecule has 7 aromatic rings. The van der Waals surface area contributed by atoms with Gasteiger partial charge in [0.1, 0.15) is 0 Å². The van der Waals surface area contributed by atoms with Crippen molar-refractivity contribution < 1.29 is 0 Å². The van der Waals surface area contributed by atoms with Gasteiger partial charge in [0, 0.05) is 21.7 Å². The highest BCUT2D eigenvalue weighted by Crippen LogP contribution is 2.36. The molecule has 0 saturated carbocycles. The van der Waals surface area contributed by atoms with E-state index in [-0.39, 0.29) is 0 Å². The summed E-state index contributed by atoms with van der Waals surface area (Å²) in [6.45, 7) is 0. The predicted molar refractivity (Wildman–Crippen MR) is 172 cm³/mol. The molecule has 0 aliphatic carbocycles. The monoisotopic (exact) mass is 544 g/mol. The lowest BCUT2D eigenvalue weighted by molar-refractivity contribution is 1.19. The summed E-state index contributed by atoms with van der Waals surface area (Å²) >= 11 is 6.38. The Morgan fingerprint density at radius 3 is 1.73 bits per heavy atom. The fourth-order valence-corrected chi connectivity index (χ4v) is 5.48. The van der Waals surface area contributed by atoms with E-state index in [0.29, 0.717) is 10.8 Å². The number of nitrogens with zero attached hydrogens (tertiary/aromatic N) is 2. The van der Waals surface area contributed by atoms with Crippen LogP contribution in [0.5, 0.6) is 0 Å². The van der Waals surface area contributed by atoms with Crippen molar-refractivity contribution in [3.63, 3.8) is 0 Å². The van der Waals surface area contributed by atoms with Crippen molar-refractivity contribution in [2.24, 2.45) is 0 Å². The minimum absolute atomic E-state index is 0.687. The molecule has 0 aliphatic heterocycles. The molecule has 7 rings (SSSR count). The molecule has 0 atom stereocenters. The maximum atomic E-state index is 6.38. The lowest BCUT2D eigenvalue weighted by Gasteiger charge is -2.14. The van der Waals surface area contributed by atoms with E-state index in [9.17, 15) is 0 Å². The van der Waals surface area contributed by atoms with Gasteiger partial charge < -0.3 is 0 Å². The number of halogens is 1. The van der Waals surface area contributed by atoms with Crippen molar-refractivity contribution >= 4 is 22.4 Å². The second kappa shape index (κ2) is 10.8. The average Bonchev–Trinajstić information content (AvgIpc) is 3.05. The second-order valence-corrected chi connectivity index (χ2v) is 10.5. The lowest BCUT2D eigenvalue weighted by atomic mass is 9.96. The maximum absolute atomic E-state index is 6.38. The molecule has 0 aliphatic rings. The third-order valence-electron chi connectivity index (χ3n) is 7.32. The lowest BCUT2D eigenvalue weighted by Crippen LogP contribution is -1.97. The molecule has 6 aromatic carbocycles. The largest absolute Gasteiger partial charge is 0.228 e. The van der Waals surface area contributed by atoms with E-state index in [1.54, 1.807) is 0 Å². The zero-order chi connectivity index (χ0) is 27.6. The number of rotatable bonds is 5. The summed E-state index contributed by atoms with van der Waals surface area (Å²) in [4.78, 5) is 10.3. The zero-order valence-electron chi connectivity index (χ0n) is 22.2. The van der Waals surface area contributed by atoms with Gasteiger partial charge in [-0.2, -0.15) is 0 Å². The molecule has 1 aromatic heterocycles. The van der Waals surface area contributed by atoms with Gasteiger partial charge in [-0.15, -0.1) is 0 Å². The van der Waals surface area contributed by atoms with Gasteiger partial charge in [-0.1, -0.05) is 127 Å². The Morgan fingerprint density at radius 2 is 0.976 bits per heavy atom. The molecule has 0 N–H and O–H groups in total. The van der Waals surface area contributed by atoms with Crippen LogP contribution in [0.15, 0.2) is 152 Å². The van der Waals surface area contributed by atoms with E-state index in [4.69, 9.17) is 21.6 Å². The van der Waals surface area contributed by atoms with Gasteiger partial charge in [-0.05, 0) is 69.4 Å². The first-order valence-electron chi connectivity index (χ1n) is 13.6. The van der Waals surface area contributed by atoms with Gasteiger partial charge in [-0.25, -0.2) is 9.97 Å². The van der Waals surface area contributed by atoms with Gasteiger partial charge >= 0.3 is 0 Å². The summed E-state index contributed by atoms with van der Waals surface area (Å²) in [6.07, 6.45) is 0. The van der Waals surface area contributed by atoms with Gasteiger partial charge in [-0.3, -0.25) is 0 Å². The van der Waals surface area contributed by atoms with Crippen molar-refractivity contribution in [3.05, 3.63) is 157 Å². The Kier molecular flexibility index (Phi) is 6.60. The van der Waals surface area contributed by atoms with Crippen LogP contribution in [-0.2, 0) is 0 Å². The van der Waals surface area contributed by atoms with E-state index in [1.165, 1.54) is 5.56 Å². The molecule has 3 heteroatoms. The maximum Gasteiger partial charge on any atom is 0.161 e. The standard InChI is InChI=1S/C38H25ClN2/c39-33-19-10-17-29(23-33)32-22-30-15-7-8-20-34(30)35(24-32)38-40-36(27-13-5-2-6-14-27)25-37(41-38)31-18-9-16-28(21-31)26-11-3-1-4-12-26/h1-25H. The average molecular weight is 545 g/mol. The highest BCUT2D eigenvalue weighted by Gasteiger charge is 2.15. The predicted octanol–water partition coefficient (Wildman–Crippen LogP) is 10.6. The number of benzene rings is 6. The van der Waals surface area contributed by atoms with Crippen LogP contribution in [0.1, 0.15) is 0 Å². The summed E-state index contributed by atoms with van der Waals surface area (Å²) in [5.74, 6) is 0.687. The van der Waals surface area contributed by atoms with E-state index in [2.05, 4.69) is 109 Å². The molecule has 0 bridgehead atoms. The summed E-state index contributed by atoms with van der Waals surface area (Å²) in [6, 6.07) is 52.1. The molecule has 194 valence electrons. The van der Waals surface area contributed by atoms with Gasteiger partial charge in [0.15, 0.2) is 5.82 Å². The van der Waals surface area contributed by atoms with Gasteiger partial charge in [0.05, 0.1) is 11.4 Å². The normalized spacial score (nSPS) is 11.0. The van der Waals surface area contributed by atoms with Crippen LogP contribution in [0.25, 0.3) is 66.9 Å². The number of fused-ring (bicyclic) bond motifs is 1. The van der Waals surface area contributed by atoms with Crippen LogP contribution in [0, 0.1) is 0 Å². The molecular formula is C38H25ClN2. The summed E-state index contributed by atoms with van der Waals surface area (Å²) < 4.78 is 0. The molecular weight excluding hydrogens is 520 g/mol. The minimum atomic E-state index is 0.687. The molecule has 0 fully saturated rings. The molecule has 0 spiro atoms. The molecule has 41 heavy (non-hydrogen) atoms. The Labute approximate surface area is 244 Å². The Hall–Kier alpha value is -5.05. The SMILES string of the molecule is Clc1cccc(-c2cc(-c3nc(-c4ccccc4)cc(-c4cccc(-c5ccccc5)c4)n3)c3ccccc3c2)c1. The molecule has 0 radical (unpaired) electrons. The van der Waals surface area contributed by atoms with Crippen LogP contribution in [0.2, 0.25) is 5.02 Å². The quantitative estimate of drug-likeness (QED) is 0.215. The van der Waals surface area contributed by atoms with Crippen LogP contribution in [0.4, 0.5) is 0 Å². The zero-order valence-corrected chi connectivity index (χ0v) is 23.0. The van der Waals surface area contributed by atoms with Crippen LogP contribution in [-0.4, -0.2) is 9.97 Å². The van der Waals surface area contributed by atoms with E-state index < -0.39 is 0 Å². The van der Waals surface area contributed by atoms with E-state index in [0.717, 1.165) is 55.5 Å². The first-order chi connectivity index (χ1) is 20.2. The highest BCUT2D eigenvalue weighted by atomic mass is 35.5. The molecule has 1 heterocycles. The van der Waals surface area contributed by atoms with Crippen molar-refractivity contribution in [1.29, 1.82) is 0 Å². The summed E-state index contributed by atoms with van der Waals surface area (Å²) in [5.41, 5.74) is 9.29. The van der Waals surface area contributed by atoms with Gasteiger partial charge in [0.2, 0.25) is 0 Å². The first-order valence-corrected chi connectivity index (χ1v) is 14.0. The summed E-state index contributed by atoms with van der Waals surface area (Å²) in [7, 11) is 0. The molecule has 0 amide bonds. The molecule has 2 nitrogen and oxygen atoms in total. The third kappa shape index (κ3) is 5.14. The van der Waals surface area contributed by atoms with Crippen LogP contribution >= 0.6 is 11.6 Å². The van der Waals surface area contributed by atoms with Crippen molar-refractivity contribution in [1.82, 2.24) is 9.97 Å². The number of aromatic nitrogens is 2.